The zero-order valence-electron chi connectivity index (χ0n) is 12.1. The van der Waals surface area contributed by atoms with Crippen molar-refractivity contribution in [2.75, 3.05) is 0 Å². The monoisotopic (exact) mass is 290 g/mol. The number of aryl methyl sites for hydroxylation is 1. The van der Waals surface area contributed by atoms with Crippen LogP contribution in [0.5, 0.6) is 10.9 Å². The van der Waals surface area contributed by atoms with Crippen LogP contribution in [0.4, 0.5) is 0 Å². The Bertz CT molecular complexity index is 642. The lowest BCUT2D eigenvalue weighted by Gasteiger charge is -2.20. The van der Waals surface area contributed by atoms with E-state index in [4.69, 9.17) is 10.5 Å². The van der Waals surface area contributed by atoms with E-state index in [9.17, 15) is 4.79 Å². The number of aromatic nitrogens is 1. The molecule has 2 N–H and O–H groups in total. The van der Waals surface area contributed by atoms with Gasteiger partial charge in [0.15, 0.2) is 0 Å². The van der Waals surface area contributed by atoms with Crippen LogP contribution in [0.15, 0.2) is 23.6 Å². The first-order chi connectivity index (χ1) is 9.27. The molecule has 0 atom stereocenters. The van der Waals surface area contributed by atoms with E-state index in [1.807, 2.05) is 19.1 Å². The van der Waals surface area contributed by atoms with Crippen molar-refractivity contribution in [2.45, 2.75) is 33.1 Å². The second-order valence-corrected chi connectivity index (χ2v) is 6.52. The molecule has 0 saturated carbocycles. The maximum Gasteiger partial charge on any atom is 0.279 e. The third kappa shape index (κ3) is 3.17. The highest BCUT2D eigenvalue weighted by Gasteiger charge is 2.16. The van der Waals surface area contributed by atoms with Gasteiger partial charge < -0.3 is 10.5 Å². The van der Waals surface area contributed by atoms with Crippen molar-refractivity contribution in [1.29, 1.82) is 0 Å². The van der Waals surface area contributed by atoms with Gasteiger partial charge in [0.25, 0.3) is 11.1 Å². The number of ether oxygens (including phenoxy) is 1. The largest absolute Gasteiger partial charge is 0.431 e. The summed E-state index contributed by atoms with van der Waals surface area (Å²) in [7, 11) is 0. The molecule has 0 aliphatic carbocycles. The highest BCUT2D eigenvalue weighted by atomic mass is 32.1. The molecule has 2 aromatic rings. The first-order valence-electron chi connectivity index (χ1n) is 6.31. The highest BCUT2D eigenvalue weighted by Crippen LogP contribution is 2.32. The van der Waals surface area contributed by atoms with Crippen LogP contribution in [0, 0.1) is 6.92 Å². The van der Waals surface area contributed by atoms with Gasteiger partial charge in [-0.05, 0) is 29.5 Å². The predicted octanol–water partition coefficient (Wildman–Crippen LogP) is 3.64. The van der Waals surface area contributed by atoms with Crippen LogP contribution in [0.1, 0.15) is 42.4 Å². The normalized spacial score (nSPS) is 11.4. The SMILES string of the molecule is Cc1ccc(C(C)(C)C)cc1Oc1nc(C(N)=O)cs1. The van der Waals surface area contributed by atoms with Gasteiger partial charge >= 0.3 is 0 Å². The molecule has 0 unspecified atom stereocenters. The van der Waals surface area contributed by atoms with Gasteiger partial charge in [0, 0.05) is 5.38 Å². The number of benzene rings is 1. The minimum Gasteiger partial charge on any atom is -0.431 e. The molecule has 0 bridgehead atoms. The fraction of sp³-hybridized carbons (Fsp3) is 0.333. The topological polar surface area (TPSA) is 65.2 Å². The summed E-state index contributed by atoms with van der Waals surface area (Å²) in [5.74, 6) is 0.207. The Kier molecular flexibility index (Phi) is 3.81. The van der Waals surface area contributed by atoms with Crippen molar-refractivity contribution in [3.63, 3.8) is 0 Å². The molecule has 1 heterocycles. The lowest BCUT2D eigenvalue weighted by Crippen LogP contribution is -2.11. The van der Waals surface area contributed by atoms with Crippen molar-refractivity contribution in [3.8, 4) is 10.9 Å². The summed E-state index contributed by atoms with van der Waals surface area (Å²) < 4.78 is 5.78. The number of carbonyl (C=O) groups excluding carboxylic acids is 1. The molecule has 0 saturated heterocycles. The number of carbonyl (C=O) groups is 1. The van der Waals surface area contributed by atoms with Crippen LogP contribution < -0.4 is 10.5 Å². The van der Waals surface area contributed by atoms with Gasteiger partial charge in [0.05, 0.1) is 0 Å². The van der Waals surface area contributed by atoms with E-state index in [2.05, 4.69) is 31.8 Å². The highest BCUT2D eigenvalue weighted by molar-refractivity contribution is 7.11. The quantitative estimate of drug-likeness (QED) is 0.938. The van der Waals surface area contributed by atoms with E-state index in [-0.39, 0.29) is 11.1 Å². The number of hydrogen-bond donors (Lipinski definition) is 1. The van der Waals surface area contributed by atoms with Crippen molar-refractivity contribution in [1.82, 2.24) is 4.98 Å². The number of nitrogens with two attached hydrogens (primary N) is 1. The van der Waals surface area contributed by atoms with Crippen molar-refractivity contribution in [3.05, 3.63) is 40.4 Å². The average molecular weight is 290 g/mol. The summed E-state index contributed by atoms with van der Waals surface area (Å²) in [6, 6.07) is 6.14. The first kappa shape index (κ1) is 14.5. The lowest BCUT2D eigenvalue weighted by atomic mass is 9.86. The second-order valence-electron chi connectivity index (χ2n) is 5.70. The number of primary amides is 1. The van der Waals surface area contributed by atoms with Crippen LogP contribution in [0.3, 0.4) is 0 Å². The number of nitrogens with zero attached hydrogens (tertiary/aromatic N) is 1. The van der Waals surface area contributed by atoms with Crippen molar-refractivity contribution >= 4 is 17.2 Å². The smallest absolute Gasteiger partial charge is 0.279 e. The predicted molar refractivity (Wildman–Crippen MR) is 80.6 cm³/mol. The zero-order valence-corrected chi connectivity index (χ0v) is 12.9. The molecule has 0 aliphatic rings. The summed E-state index contributed by atoms with van der Waals surface area (Å²) in [6.07, 6.45) is 0. The van der Waals surface area contributed by atoms with Gasteiger partial charge in [0.1, 0.15) is 11.4 Å². The third-order valence-corrected chi connectivity index (χ3v) is 3.70. The van der Waals surface area contributed by atoms with Crippen LogP contribution in [0.25, 0.3) is 0 Å². The van der Waals surface area contributed by atoms with Gasteiger partial charge in [-0.15, -0.1) is 0 Å². The molecule has 1 amide bonds. The third-order valence-electron chi connectivity index (χ3n) is 2.99. The van der Waals surface area contributed by atoms with Gasteiger partial charge in [-0.25, -0.2) is 0 Å². The number of rotatable bonds is 3. The van der Waals surface area contributed by atoms with E-state index in [0.29, 0.717) is 5.19 Å². The lowest BCUT2D eigenvalue weighted by molar-refractivity contribution is 0.0995. The van der Waals surface area contributed by atoms with E-state index in [0.717, 1.165) is 11.3 Å². The molecule has 0 spiro atoms. The average Bonchev–Trinajstić information content (AvgIpc) is 2.79. The molecular weight excluding hydrogens is 272 g/mol. The molecular formula is C15H18N2O2S. The molecule has 5 heteroatoms. The minimum absolute atomic E-state index is 0.0487. The Balaban J connectivity index is 2.30. The van der Waals surface area contributed by atoms with Crippen LogP contribution >= 0.6 is 11.3 Å². The van der Waals surface area contributed by atoms with Crippen molar-refractivity contribution < 1.29 is 9.53 Å². The Hall–Kier alpha value is -1.88. The second kappa shape index (κ2) is 5.25. The fourth-order valence-corrected chi connectivity index (χ4v) is 2.36. The minimum atomic E-state index is -0.545. The zero-order chi connectivity index (χ0) is 14.9. The molecule has 106 valence electrons. The van der Waals surface area contributed by atoms with Gasteiger partial charge in [-0.1, -0.05) is 44.2 Å². The maximum atomic E-state index is 11.0. The Morgan fingerprint density at radius 2 is 2.05 bits per heavy atom. The maximum absolute atomic E-state index is 11.0. The standard InChI is InChI=1S/C15H18N2O2S/c1-9-5-6-10(15(2,3)4)7-12(9)19-14-17-11(8-20-14)13(16)18/h5-8H,1-4H3,(H2,16,18). The molecule has 0 aliphatic heterocycles. The van der Waals surface area contributed by atoms with Crippen LogP contribution in [-0.2, 0) is 5.41 Å². The van der Waals surface area contributed by atoms with Crippen LogP contribution in [0.2, 0.25) is 0 Å². The summed E-state index contributed by atoms with van der Waals surface area (Å²) in [4.78, 5) is 15.1. The van der Waals surface area contributed by atoms with Crippen molar-refractivity contribution in [2.24, 2.45) is 5.73 Å². The van der Waals surface area contributed by atoms with E-state index >= 15 is 0 Å². The Labute approximate surface area is 122 Å². The van der Waals surface area contributed by atoms with E-state index < -0.39 is 5.91 Å². The summed E-state index contributed by atoms with van der Waals surface area (Å²) >= 11 is 1.26. The molecule has 0 radical (unpaired) electrons. The summed E-state index contributed by atoms with van der Waals surface area (Å²) in [6.45, 7) is 8.42. The van der Waals surface area contributed by atoms with Gasteiger partial charge in [-0.2, -0.15) is 4.98 Å². The summed E-state index contributed by atoms with van der Waals surface area (Å²) in [5.41, 5.74) is 7.67. The van der Waals surface area contributed by atoms with Crippen LogP contribution in [-0.4, -0.2) is 10.9 Å². The molecule has 20 heavy (non-hydrogen) atoms. The van der Waals surface area contributed by atoms with E-state index in [1.165, 1.54) is 16.9 Å². The molecule has 2 rings (SSSR count). The summed E-state index contributed by atoms with van der Waals surface area (Å²) in [5, 5.41) is 2.02. The fourth-order valence-electron chi connectivity index (χ4n) is 1.69. The number of amides is 1. The Morgan fingerprint density at radius 1 is 1.35 bits per heavy atom. The molecule has 4 nitrogen and oxygen atoms in total. The molecule has 1 aromatic heterocycles. The van der Waals surface area contributed by atoms with E-state index in [1.54, 1.807) is 5.38 Å². The first-order valence-corrected chi connectivity index (χ1v) is 7.19. The molecule has 1 aromatic carbocycles. The molecule has 0 fully saturated rings. The number of hydrogen-bond acceptors (Lipinski definition) is 4. The Morgan fingerprint density at radius 3 is 2.60 bits per heavy atom. The number of thiazole rings is 1. The van der Waals surface area contributed by atoms with Gasteiger partial charge in [-0.3, -0.25) is 4.79 Å². The van der Waals surface area contributed by atoms with Gasteiger partial charge in [0.2, 0.25) is 0 Å².